The van der Waals surface area contributed by atoms with Crippen molar-refractivity contribution >= 4 is 18.0 Å². The van der Waals surface area contributed by atoms with Gasteiger partial charge in [0.2, 0.25) is 0 Å². The Labute approximate surface area is 117 Å². The first-order chi connectivity index (χ1) is 9.23. The number of nitrogens with zero attached hydrogens (tertiary/aromatic N) is 1. The van der Waals surface area contributed by atoms with E-state index < -0.39 is 29.7 Å². The largest absolute Gasteiger partial charge is 0.469 e. The van der Waals surface area contributed by atoms with Crippen LogP contribution in [0.1, 0.15) is 27.2 Å². The minimum Gasteiger partial charge on any atom is -0.469 e. The van der Waals surface area contributed by atoms with Gasteiger partial charge in [0.15, 0.2) is 0 Å². The van der Waals surface area contributed by atoms with Crippen LogP contribution in [0.15, 0.2) is 0 Å². The zero-order valence-electron chi connectivity index (χ0n) is 12.1. The number of carbonyl (C=O) groups excluding carboxylic acids is 3. The van der Waals surface area contributed by atoms with Gasteiger partial charge in [-0.05, 0) is 20.8 Å². The summed E-state index contributed by atoms with van der Waals surface area (Å²) in [4.78, 5) is 34.8. The molecule has 1 atom stereocenters. The highest BCUT2D eigenvalue weighted by atomic mass is 16.6. The average Bonchev–Trinajstić information content (AvgIpc) is 2.31. The van der Waals surface area contributed by atoms with E-state index in [1.54, 1.807) is 20.8 Å². The van der Waals surface area contributed by atoms with E-state index in [0.29, 0.717) is 0 Å². The summed E-state index contributed by atoms with van der Waals surface area (Å²) in [6.07, 6.45) is -1.88. The maximum atomic E-state index is 12.0. The summed E-state index contributed by atoms with van der Waals surface area (Å²) in [5, 5.41) is 1.09. The van der Waals surface area contributed by atoms with Crippen LogP contribution in [-0.4, -0.2) is 54.9 Å². The summed E-state index contributed by atoms with van der Waals surface area (Å²) in [6, 6.07) is 0. The molecule has 0 aromatic heterocycles. The first-order valence-corrected chi connectivity index (χ1v) is 6.22. The maximum Gasteiger partial charge on any atom is 0.426 e. The van der Waals surface area contributed by atoms with Crippen molar-refractivity contribution in [2.75, 3.05) is 20.3 Å². The Balaban J connectivity index is 2.56. The fourth-order valence-electron chi connectivity index (χ4n) is 1.54. The number of methoxy groups -OCH3 is 1. The molecular weight excluding hydrogens is 268 g/mol. The van der Waals surface area contributed by atoms with Gasteiger partial charge in [0, 0.05) is 0 Å². The van der Waals surface area contributed by atoms with Gasteiger partial charge in [0.05, 0.1) is 26.7 Å². The molecule has 1 heterocycles. The van der Waals surface area contributed by atoms with Crippen molar-refractivity contribution in [3.05, 3.63) is 0 Å². The maximum absolute atomic E-state index is 12.0. The lowest BCUT2D eigenvalue weighted by atomic mass is 10.2. The fourth-order valence-corrected chi connectivity index (χ4v) is 1.54. The van der Waals surface area contributed by atoms with Crippen molar-refractivity contribution in [2.24, 2.45) is 0 Å². The number of rotatable bonds is 3. The molecule has 8 heteroatoms. The van der Waals surface area contributed by atoms with Crippen LogP contribution >= 0.6 is 0 Å². The first kappa shape index (κ1) is 16.2. The van der Waals surface area contributed by atoms with Gasteiger partial charge in [-0.15, -0.1) is 0 Å². The first-order valence-electron chi connectivity index (χ1n) is 6.22. The summed E-state index contributed by atoms with van der Waals surface area (Å²) < 4.78 is 14.7. The van der Waals surface area contributed by atoms with Crippen molar-refractivity contribution in [2.45, 2.75) is 38.9 Å². The van der Waals surface area contributed by atoms with Crippen molar-refractivity contribution in [3.8, 4) is 0 Å². The molecule has 0 aromatic carbocycles. The third-order valence-corrected chi connectivity index (χ3v) is 2.38. The monoisotopic (exact) mass is 288 g/mol. The molecule has 0 bridgehead atoms. The number of morpholine rings is 1. The van der Waals surface area contributed by atoms with Crippen LogP contribution in [0.3, 0.4) is 0 Å². The van der Waals surface area contributed by atoms with Crippen LogP contribution in [0, 0.1) is 0 Å². The average molecular weight is 288 g/mol. The molecule has 20 heavy (non-hydrogen) atoms. The van der Waals surface area contributed by atoms with Crippen LogP contribution in [-0.2, 0) is 23.8 Å². The van der Waals surface area contributed by atoms with Gasteiger partial charge in [-0.3, -0.25) is 9.59 Å². The fraction of sp³-hybridized carbons (Fsp3) is 0.750. The second-order valence-corrected chi connectivity index (χ2v) is 5.24. The van der Waals surface area contributed by atoms with Crippen molar-refractivity contribution < 1.29 is 28.6 Å². The Morgan fingerprint density at radius 3 is 2.65 bits per heavy atom. The van der Waals surface area contributed by atoms with Gasteiger partial charge in [0.25, 0.3) is 5.91 Å². The zero-order chi connectivity index (χ0) is 15.3. The third kappa shape index (κ3) is 5.04. The SMILES string of the molecule is COC(=O)C[C@H]1OCCN(NC(=O)OC(C)(C)C)C1=O. The van der Waals surface area contributed by atoms with Crippen LogP contribution in [0.2, 0.25) is 0 Å². The molecule has 1 saturated heterocycles. The Kier molecular flexibility index (Phi) is 5.32. The Hall–Kier alpha value is -1.83. The summed E-state index contributed by atoms with van der Waals surface area (Å²) >= 11 is 0. The second kappa shape index (κ2) is 6.56. The van der Waals surface area contributed by atoms with Gasteiger partial charge in [-0.25, -0.2) is 15.2 Å². The molecule has 1 fully saturated rings. The summed E-state index contributed by atoms with van der Waals surface area (Å²) in [5.41, 5.74) is 1.68. The minimum atomic E-state index is -0.953. The van der Waals surface area contributed by atoms with Gasteiger partial charge in [-0.2, -0.15) is 0 Å². The molecule has 0 unspecified atom stereocenters. The molecule has 0 aromatic rings. The predicted octanol–water partition coefficient (Wildman–Crippen LogP) is 0.217. The van der Waals surface area contributed by atoms with Gasteiger partial charge in [0.1, 0.15) is 11.7 Å². The Bertz CT molecular complexity index is 390. The smallest absolute Gasteiger partial charge is 0.426 e. The molecule has 8 nitrogen and oxygen atoms in total. The van der Waals surface area contributed by atoms with Gasteiger partial charge >= 0.3 is 12.1 Å². The predicted molar refractivity (Wildman–Crippen MR) is 67.5 cm³/mol. The lowest BCUT2D eigenvalue weighted by Crippen LogP contribution is -2.56. The Morgan fingerprint density at radius 1 is 1.45 bits per heavy atom. The van der Waals surface area contributed by atoms with Crippen molar-refractivity contribution in [3.63, 3.8) is 0 Å². The van der Waals surface area contributed by atoms with Crippen molar-refractivity contribution in [1.29, 1.82) is 0 Å². The van der Waals surface area contributed by atoms with E-state index in [1.165, 1.54) is 7.11 Å². The van der Waals surface area contributed by atoms with E-state index in [1.807, 2.05) is 0 Å². The highest BCUT2D eigenvalue weighted by molar-refractivity contribution is 5.87. The molecule has 0 spiro atoms. The van der Waals surface area contributed by atoms with E-state index in [-0.39, 0.29) is 19.6 Å². The number of hydrogen-bond donors (Lipinski definition) is 1. The van der Waals surface area contributed by atoms with Crippen LogP contribution in [0.25, 0.3) is 0 Å². The number of carbonyl (C=O) groups is 3. The summed E-state index contributed by atoms with van der Waals surface area (Å²) in [6.45, 7) is 5.55. The molecule has 2 amide bonds. The number of esters is 1. The summed E-state index contributed by atoms with van der Waals surface area (Å²) in [7, 11) is 1.23. The number of nitrogens with one attached hydrogen (secondary N) is 1. The van der Waals surface area contributed by atoms with E-state index >= 15 is 0 Å². The zero-order valence-corrected chi connectivity index (χ0v) is 12.1. The molecule has 0 aliphatic carbocycles. The Morgan fingerprint density at radius 2 is 2.10 bits per heavy atom. The molecule has 0 saturated carbocycles. The van der Waals surface area contributed by atoms with Crippen LogP contribution < -0.4 is 5.43 Å². The topological polar surface area (TPSA) is 94.2 Å². The minimum absolute atomic E-state index is 0.190. The second-order valence-electron chi connectivity index (χ2n) is 5.24. The van der Waals surface area contributed by atoms with E-state index in [4.69, 9.17) is 9.47 Å². The molecular formula is C12H20N2O6. The highest BCUT2D eigenvalue weighted by Crippen LogP contribution is 2.11. The van der Waals surface area contributed by atoms with Gasteiger partial charge < -0.3 is 14.2 Å². The number of hydrogen-bond acceptors (Lipinski definition) is 6. The van der Waals surface area contributed by atoms with Crippen LogP contribution in [0.5, 0.6) is 0 Å². The lowest BCUT2D eigenvalue weighted by Gasteiger charge is -2.32. The number of amides is 2. The molecule has 0 radical (unpaired) electrons. The van der Waals surface area contributed by atoms with E-state index in [2.05, 4.69) is 10.2 Å². The van der Waals surface area contributed by atoms with E-state index in [0.717, 1.165) is 5.01 Å². The normalized spacial score (nSPS) is 19.5. The standard InChI is InChI=1S/C12H20N2O6/c1-12(2,3)20-11(17)13-14-5-6-19-8(10(14)16)7-9(15)18-4/h8H,5-7H2,1-4H3,(H,13,17)/t8-/m1/s1. The lowest BCUT2D eigenvalue weighted by molar-refractivity contribution is -0.163. The molecule has 1 N–H and O–H groups in total. The third-order valence-electron chi connectivity index (χ3n) is 2.38. The molecule has 1 aliphatic rings. The van der Waals surface area contributed by atoms with E-state index in [9.17, 15) is 14.4 Å². The molecule has 1 aliphatic heterocycles. The van der Waals surface area contributed by atoms with Crippen molar-refractivity contribution in [1.82, 2.24) is 10.4 Å². The van der Waals surface area contributed by atoms with Crippen LogP contribution in [0.4, 0.5) is 4.79 Å². The molecule has 114 valence electrons. The number of ether oxygens (including phenoxy) is 3. The summed E-state index contributed by atoms with van der Waals surface area (Å²) in [5.74, 6) is -1.06. The highest BCUT2D eigenvalue weighted by Gasteiger charge is 2.33. The molecule has 1 rings (SSSR count). The van der Waals surface area contributed by atoms with Gasteiger partial charge in [-0.1, -0.05) is 0 Å². The number of hydrazine groups is 1. The quantitative estimate of drug-likeness (QED) is 0.746.